The Hall–Kier alpha value is -3.88. The van der Waals surface area contributed by atoms with Crippen molar-refractivity contribution in [2.24, 2.45) is 0 Å². The van der Waals surface area contributed by atoms with E-state index in [2.05, 4.69) is 9.97 Å². The molecule has 0 radical (unpaired) electrons. The van der Waals surface area contributed by atoms with Gasteiger partial charge in [0.05, 0.1) is 17.5 Å². The van der Waals surface area contributed by atoms with Crippen LogP contribution in [0.25, 0.3) is 39.1 Å². The van der Waals surface area contributed by atoms with Gasteiger partial charge in [0.2, 0.25) is 0 Å². The molecule has 172 valence electrons. The summed E-state index contributed by atoms with van der Waals surface area (Å²) in [5.41, 5.74) is -0.624. The van der Waals surface area contributed by atoms with Gasteiger partial charge in [-0.3, -0.25) is 4.40 Å². The number of pyridine rings is 2. The third kappa shape index (κ3) is 3.57. The smallest absolute Gasteiger partial charge is 0.276 e. The third-order valence-corrected chi connectivity index (χ3v) is 5.64. The van der Waals surface area contributed by atoms with E-state index in [1.807, 2.05) is 0 Å². The van der Waals surface area contributed by atoms with Crippen molar-refractivity contribution < 1.29 is 26.3 Å². The van der Waals surface area contributed by atoms with Crippen molar-refractivity contribution in [3.05, 3.63) is 89.7 Å². The summed E-state index contributed by atoms with van der Waals surface area (Å²) in [4.78, 5) is 8.07. The second-order valence-electron chi connectivity index (χ2n) is 7.83. The molecule has 0 N–H and O–H groups in total. The summed E-state index contributed by atoms with van der Waals surface area (Å²) in [5, 5.41) is -0.443. The number of benzene rings is 2. The Morgan fingerprint density at radius 2 is 1.41 bits per heavy atom. The molecule has 9 heteroatoms. The maximum atomic E-state index is 14.0. The Labute approximate surface area is 189 Å². The molecule has 34 heavy (non-hydrogen) atoms. The molecule has 0 saturated carbocycles. The molecule has 0 amide bonds. The lowest BCUT2D eigenvalue weighted by Crippen LogP contribution is -2.15. The third-order valence-electron chi connectivity index (χ3n) is 5.64. The largest absolute Gasteiger partial charge is 0.433 e. The normalized spacial score (nSPS) is 12.6. The van der Waals surface area contributed by atoms with Gasteiger partial charge in [0.1, 0.15) is 17.0 Å². The lowest BCUT2D eigenvalue weighted by molar-refractivity contribution is -0.144. The van der Waals surface area contributed by atoms with Crippen LogP contribution in [0.5, 0.6) is 0 Å². The highest BCUT2D eigenvalue weighted by Gasteiger charge is 2.40. The summed E-state index contributed by atoms with van der Waals surface area (Å²) < 4.78 is 84.1. The fourth-order valence-electron chi connectivity index (χ4n) is 4.08. The zero-order valence-electron chi connectivity index (χ0n) is 17.5. The molecule has 3 heterocycles. The van der Waals surface area contributed by atoms with Crippen molar-refractivity contribution in [1.29, 1.82) is 0 Å². The van der Waals surface area contributed by atoms with E-state index < -0.39 is 34.6 Å². The quantitative estimate of drug-likeness (QED) is 0.249. The van der Waals surface area contributed by atoms with Crippen LogP contribution in [0.3, 0.4) is 0 Å². The SMILES string of the molecule is Cc1ccccc1-c1cc2c(C(F)(F)F)cc(C(F)(F)F)nc2n2c(-c3ccccc3)cnc12. The second kappa shape index (κ2) is 7.58. The fraction of sp³-hybridized carbons (Fsp3) is 0.120. The maximum Gasteiger partial charge on any atom is 0.433 e. The summed E-state index contributed by atoms with van der Waals surface area (Å²) in [7, 11) is 0. The summed E-state index contributed by atoms with van der Waals surface area (Å²) >= 11 is 0. The van der Waals surface area contributed by atoms with Crippen LogP contribution in [-0.2, 0) is 12.4 Å². The minimum atomic E-state index is -5.07. The van der Waals surface area contributed by atoms with Crippen LogP contribution in [0.15, 0.2) is 72.9 Å². The van der Waals surface area contributed by atoms with Gasteiger partial charge >= 0.3 is 12.4 Å². The van der Waals surface area contributed by atoms with Gasteiger partial charge in [-0.1, -0.05) is 54.6 Å². The molecule has 0 bridgehead atoms. The number of hydrogen-bond donors (Lipinski definition) is 0. The number of rotatable bonds is 2. The van der Waals surface area contributed by atoms with Crippen molar-refractivity contribution in [3.63, 3.8) is 0 Å². The summed E-state index contributed by atoms with van der Waals surface area (Å²) in [6.07, 6.45) is -8.67. The Kier molecular flexibility index (Phi) is 4.89. The van der Waals surface area contributed by atoms with Gasteiger partial charge in [-0.2, -0.15) is 26.3 Å². The van der Waals surface area contributed by atoms with Gasteiger partial charge in [-0.25, -0.2) is 9.97 Å². The Morgan fingerprint density at radius 3 is 2.06 bits per heavy atom. The van der Waals surface area contributed by atoms with Gasteiger partial charge in [0, 0.05) is 16.5 Å². The number of halogens is 6. The lowest BCUT2D eigenvalue weighted by atomic mass is 9.98. The molecule has 0 aliphatic carbocycles. The van der Waals surface area contributed by atoms with Gasteiger partial charge < -0.3 is 0 Å². The first-order valence-corrected chi connectivity index (χ1v) is 10.2. The number of aryl methyl sites for hydroxylation is 1. The summed E-state index contributed by atoms with van der Waals surface area (Å²) in [6, 6.07) is 16.9. The zero-order valence-corrected chi connectivity index (χ0v) is 17.5. The number of hydrogen-bond acceptors (Lipinski definition) is 2. The van der Waals surface area contributed by atoms with E-state index in [9.17, 15) is 26.3 Å². The number of nitrogens with zero attached hydrogens (tertiary/aromatic N) is 3. The molecule has 5 rings (SSSR count). The average molecular weight is 471 g/mol. The van der Waals surface area contributed by atoms with E-state index in [1.165, 1.54) is 16.7 Å². The van der Waals surface area contributed by atoms with Crippen molar-refractivity contribution in [2.45, 2.75) is 19.3 Å². The van der Waals surface area contributed by atoms with Crippen LogP contribution < -0.4 is 0 Å². The fourth-order valence-corrected chi connectivity index (χ4v) is 4.08. The minimum Gasteiger partial charge on any atom is -0.276 e. The van der Waals surface area contributed by atoms with Crippen LogP contribution >= 0.6 is 0 Å². The minimum absolute atomic E-state index is 0.0644. The topological polar surface area (TPSA) is 30.2 Å². The van der Waals surface area contributed by atoms with Gasteiger partial charge in [0.15, 0.2) is 0 Å². The molecule has 3 nitrogen and oxygen atoms in total. The zero-order chi connectivity index (χ0) is 24.3. The van der Waals surface area contributed by atoms with E-state index in [1.54, 1.807) is 61.5 Å². The molecular formula is C25H15F6N3. The first-order valence-electron chi connectivity index (χ1n) is 10.2. The number of fused-ring (bicyclic) bond motifs is 3. The number of alkyl halides is 6. The van der Waals surface area contributed by atoms with Gasteiger partial charge in [-0.15, -0.1) is 0 Å². The van der Waals surface area contributed by atoms with Crippen LogP contribution in [-0.4, -0.2) is 14.4 Å². The Balaban J connectivity index is 2.02. The highest BCUT2D eigenvalue weighted by atomic mass is 19.4. The molecule has 5 aromatic rings. The highest BCUT2D eigenvalue weighted by molar-refractivity contribution is 5.94. The Morgan fingerprint density at radius 1 is 0.735 bits per heavy atom. The van der Waals surface area contributed by atoms with Crippen LogP contribution in [0.2, 0.25) is 0 Å². The van der Waals surface area contributed by atoms with E-state index in [-0.39, 0.29) is 11.7 Å². The molecule has 0 unspecified atom stereocenters. The lowest BCUT2D eigenvalue weighted by Gasteiger charge is -2.18. The van der Waals surface area contributed by atoms with Crippen molar-refractivity contribution >= 4 is 16.7 Å². The van der Waals surface area contributed by atoms with Crippen LogP contribution in [0.4, 0.5) is 26.3 Å². The standard InChI is InChI=1S/C25H15F6N3/c1-14-7-5-6-10-16(14)17-11-18-19(24(26,27)28)12-21(25(29,30)31)33-23(18)34-20(13-32-22(17)34)15-8-3-2-4-9-15/h2-13H,1H3. The predicted molar refractivity (Wildman–Crippen MR) is 116 cm³/mol. The summed E-state index contributed by atoms with van der Waals surface area (Å²) in [5.74, 6) is 0. The van der Waals surface area contributed by atoms with Crippen LogP contribution in [0, 0.1) is 6.92 Å². The summed E-state index contributed by atoms with van der Waals surface area (Å²) in [6.45, 7) is 1.80. The molecule has 2 aromatic carbocycles. The molecule has 0 aliphatic heterocycles. The highest BCUT2D eigenvalue weighted by Crippen LogP contribution is 2.42. The maximum absolute atomic E-state index is 14.0. The van der Waals surface area contributed by atoms with Crippen molar-refractivity contribution in [3.8, 4) is 22.4 Å². The van der Waals surface area contributed by atoms with E-state index in [0.29, 0.717) is 22.4 Å². The van der Waals surface area contributed by atoms with E-state index >= 15 is 0 Å². The van der Waals surface area contributed by atoms with Crippen molar-refractivity contribution in [2.75, 3.05) is 0 Å². The molecule has 0 saturated heterocycles. The first-order chi connectivity index (χ1) is 16.1. The monoisotopic (exact) mass is 471 g/mol. The molecule has 3 aromatic heterocycles. The second-order valence-corrected chi connectivity index (χ2v) is 7.83. The van der Waals surface area contributed by atoms with E-state index in [0.717, 1.165) is 5.56 Å². The average Bonchev–Trinajstić information content (AvgIpc) is 3.23. The van der Waals surface area contributed by atoms with Gasteiger partial charge in [-0.05, 0) is 30.2 Å². The molecule has 0 atom stereocenters. The van der Waals surface area contributed by atoms with Crippen LogP contribution in [0.1, 0.15) is 16.8 Å². The molecular weight excluding hydrogens is 456 g/mol. The van der Waals surface area contributed by atoms with E-state index in [4.69, 9.17) is 0 Å². The molecule has 0 aliphatic rings. The molecule has 0 fully saturated rings. The number of aromatic nitrogens is 3. The first kappa shape index (κ1) is 21.9. The number of imidazole rings is 1. The Bertz CT molecular complexity index is 1530. The van der Waals surface area contributed by atoms with Crippen molar-refractivity contribution in [1.82, 2.24) is 14.4 Å². The molecule has 0 spiro atoms. The predicted octanol–water partition coefficient (Wildman–Crippen LogP) is 7.56. The van der Waals surface area contributed by atoms with Gasteiger partial charge in [0.25, 0.3) is 0 Å².